The average Bonchev–Trinajstić information content (AvgIpc) is 2.59. The lowest BCUT2D eigenvalue weighted by Crippen LogP contribution is -1.90. The van der Waals surface area contributed by atoms with Crippen LogP contribution in [0.3, 0.4) is 0 Å². The molecule has 0 bridgehead atoms. The molecule has 0 saturated carbocycles. The predicted molar refractivity (Wildman–Crippen MR) is 91.2 cm³/mol. The Labute approximate surface area is 140 Å². The quantitative estimate of drug-likeness (QED) is 0.388. The largest absolute Gasteiger partial charge is 0.298 e. The molecule has 23 heavy (non-hydrogen) atoms. The third-order valence-electron chi connectivity index (χ3n) is 3.54. The van der Waals surface area contributed by atoms with E-state index in [1.807, 2.05) is 18.2 Å². The number of aldehydes is 1. The van der Waals surface area contributed by atoms with Gasteiger partial charge in [0.05, 0.1) is 5.56 Å². The maximum Gasteiger partial charge on any atom is 0.150 e. The number of rotatable bonds is 8. The smallest absolute Gasteiger partial charge is 0.150 e. The molecule has 0 heterocycles. The minimum atomic E-state index is -0.195. The van der Waals surface area contributed by atoms with Crippen LogP contribution in [0.4, 0.5) is 4.39 Å². The summed E-state index contributed by atoms with van der Waals surface area (Å²) in [6.07, 6.45) is 4.94. The first kappa shape index (κ1) is 17.2. The summed E-state index contributed by atoms with van der Waals surface area (Å²) in [5, 5.41) is 9.12. The molecule has 0 N–H and O–H groups in total. The van der Waals surface area contributed by atoms with Gasteiger partial charge in [-0.1, -0.05) is 24.6 Å². The van der Waals surface area contributed by atoms with Gasteiger partial charge in [-0.2, -0.15) is 5.26 Å². The van der Waals surface area contributed by atoms with Crippen LogP contribution in [0.25, 0.3) is 0 Å². The molecule has 0 fully saturated rings. The van der Waals surface area contributed by atoms with Gasteiger partial charge in [-0.05, 0) is 54.8 Å². The Kier molecular flexibility index (Phi) is 6.83. The van der Waals surface area contributed by atoms with E-state index in [1.165, 1.54) is 12.1 Å². The Bertz CT molecular complexity index is 692. The van der Waals surface area contributed by atoms with Gasteiger partial charge in [0, 0.05) is 10.5 Å². The number of carbonyl (C=O) groups excluding carboxylic acids is 1. The first-order chi connectivity index (χ1) is 11.2. The van der Waals surface area contributed by atoms with Gasteiger partial charge in [0.15, 0.2) is 0 Å². The Morgan fingerprint density at radius 2 is 1.87 bits per heavy atom. The molecule has 0 aliphatic heterocycles. The normalized spacial score (nSPS) is 10.3. The van der Waals surface area contributed by atoms with Crippen molar-refractivity contribution in [3.05, 3.63) is 65.0 Å². The second kappa shape index (κ2) is 9.12. The van der Waals surface area contributed by atoms with Crippen LogP contribution in [0, 0.1) is 17.1 Å². The van der Waals surface area contributed by atoms with E-state index in [0.29, 0.717) is 11.1 Å². The second-order valence-electron chi connectivity index (χ2n) is 5.27. The molecule has 2 rings (SSSR count). The van der Waals surface area contributed by atoms with Crippen LogP contribution in [0.2, 0.25) is 0 Å². The van der Waals surface area contributed by atoms with Crippen molar-refractivity contribution in [3.63, 3.8) is 0 Å². The van der Waals surface area contributed by atoms with E-state index < -0.39 is 0 Å². The van der Waals surface area contributed by atoms with E-state index >= 15 is 0 Å². The summed E-state index contributed by atoms with van der Waals surface area (Å²) in [6, 6.07) is 14.0. The van der Waals surface area contributed by atoms with Crippen LogP contribution < -0.4 is 0 Å². The molecule has 0 amide bonds. The van der Waals surface area contributed by atoms with E-state index in [1.54, 1.807) is 23.9 Å². The van der Waals surface area contributed by atoms with Crippen molar-refractivity contribution in [2.45, 2.75) is 30.6 Å². The highest BCUT2D eigenvalue weighted by Crippen LogP contribution is 2.24. The number of nitrogens with zero attached hydrogens (tertiary/aromatic N) is 1. The van der Waals surface area contributed by atoms with Crippen molar-refractivity contribution in [3.8, 4) is 6.07 Å². The number of benzene rings is 2. The van der Waals surface area contributed by atoms with Gasteiger partial charge in [-0.3, -0.25) is 4.79 Å². The summed E-state index contributed by atoms with van der Waals surface area (Å²) < 4.78 is 12.8. The number of hydrogen-bond acceptors (Lipinski definition) is 3. The van der Waals surface area contributed by atoms with Gasteiger partial charge >= 0.3 is 0 Å². The molecule has 2 aromatic rings. The molecule has 118 valence electrons. The summed E-state index contributed by atoms with van der Waals surface area (Å²) in [5.41, 5.74) is 2.26. The zero-order valence-corrected chi connectivity index (χ0v) is 13.6. The molecular weight excluding hydrogens is 309 g/mol. The molecule has 0 unspecified atom stereocenters. The van der Waals surface area contributed by atoms with E-state index in [0.717, 1.165) is 48.2 Å². The number of hydrogen-bond donors (Lipinski definition) is 0. The van der Waals surface area contributed by atoms with Gasteiger partial charge < -0.3 is 0 Å². The SMILES string of the molecule is N#Cc1cc(C=O)ccc1SCCCCCc1ccc(F)cc1. The van der Waals surface area contributed by atoms with Gasteiger partial charge in [0.25, 0.3) is 0 Å². The van der Waals surface area contributed by atoms with Crippen molar-refractivity contribution in [1.82, 2.24) is 0 Å². The molecule has 0 radical (unpaired) electrons. The van der Waals surface area contributed by atoms with Gasteiger partial charge in [-0.15, -0.1) is 11.8 Å². The van der Waals surface area contributed by atoms with E-state index in [-0.39, 0.29) is 5.82 Å². The molecule has 2 aromatic carbocycles. The van der Waals surface area contributed by atoms with Crippen molar-refractivity contribution in [1.29, 1.82) is 5.26 Å². The second-order valence-corrected chi connectivity index (χ2v) is 6.41. The molecule has 0 aliphatic carbocycles. The van der Waals surface area contributed by atoms with Crippen molar-refractivity contribution in [2.24, 2.45) is 0 Å². The summed E-state index contributed by atoms with van der Waals surface area (Å²) in [6.45, 7) is 0. The summed E-state index contributed by atoms with van der Waals surface area (Å²) in [7, 11) is 0. The maximum absolute atomic E-state index is 12.8. The fourth-order valence-electron chi connectivity index (χ4n) is 2.28. The number of nitriles is 1. The zero-order valence-electron chi connectivity index (χ0n) is 12.8. The van der Waals surface area contributed by atoms with Gasteiger partial charge in [0.2, 0.25) is 0 Å². The fourth-order valence-corrected chi connectivity index (χ4v) is 3.27. The summed E-state index contributed by atoms with van der Waals surface area (Å²) in [5.74, 6) is 0.748. The monoisotopic (exact) mass is 327 g/mol. The van der Waals surface area contributed by atoms with Crippen LogP contribution >= 0.6 is 11.8 Å². The third-order valence-corrected chi connectivity index (χ3v) is 4.70. The minimum Gasteiger partial charge on any atom is -0.298 e. The highest BCUT2D eigenvalue weighted by molar-refractivity contribution is 7.99. The number of carbonyl (C=O) groups is 1. The minimum absolute atomic E-state index is 0.195. The van der Waals surface area contributed by atoms with Crippen LogP contribution in [-0.2, 0) is 6.42 Å². The molecule has 0 spiro atoms. The highest BCUT2D eigenvalue weighted by atomic mass is 32.2. The number of unbranched alkanes of at least 4 members (excludes halogenated alkanes) is 2. The lowest BCUT2D eigenvalue weighted by Gasteiger charge is -2.05. The Morgan fingerprint density at radius 3 is 2.57 bits per heavy atom. The van der Waals surface area contributed by atoms with E-state index in [9.17, 15) is 9.18 Å². The van der Waals surface area contributed by atoms with Crippen LogP contribution in [-0.4, -0.2) is 12.0 Å². The van der Waals surface area contributed by atoms with Crippen LogP contribution in [0.1, 0.15) is 40.7 Å². The predicted octanol–water partition coefficient (Wildman–Crippen LogP) is 5.01. The van der Waals surface area contributed by atoms with Gasteiger partial charge in [-0.25, -0.2) is 4.39 Å². The number of thioether (sulfide) groups is 1. The maximum atomic E-state index is 12.8. The van der Waals surface area contributed by atoms with Crippen LogP contribution in [0.5, 0.6) is 0 Å². The first-order valence-corrected chi connectivity index (χ1v) is 8.58. The Hall–Kier alpha value is -2.12. The topological polar surface area (TPSA) is 40.9 Å². The van der Waals surface area contributed by atoms with E-state index in [2.05, 4.69) is 6.07 Å². The van der Waals surface area contributed by atoms with Crippen molar-refractivity contribution >= 4 is 18.0 Å². The lowest BCUT2D eigenvalue weighted by atomic mass is 10.1. The molecule has 0 atom stereocenters. The molecule has 0 aliphatic rings. The lowest BCUT2D eigenvalue weighted by molar-refractivity contribution is 0.112. The highest BCUT2D eigenvalue weighted by Gasteiger charge is 2.04. The molecule has 0 saturated heterocycles. The zero-order chi connectivity index (χ0) is 16.5. The number of aryl methyl sites for hydroxylation is 1. The molecule has 0 aromatic heterocycles. The Morgan fingerprint density at radius 1 is 1.09 bits per heavy atom. The van der Waals surface area contributed by atoms with E-state index in [4.69, 9.17) is 5.26 Å². The third kappa shape index (κ3) is 5.54. The summed E-state index contributed by atoms with van der Waals surface area (Å²) >= 11 is 1.65. The molecule has 2 nitrogen and oxygen atoms in total. The molecular formula is C19H18FNOS. The van der Waals surface area contributed by atoms with Crippen molar-refractivity contribution in [2.75, 3.05) is 5.75 Å². The molecule has 4 heteroatoms. The summed E-state index contributed by atoms with van der Waals surface area (Å²) in [4.78, 5) is 11.6. The van der Waals surface area contributed by atoms with Crippen molar-refractivity contribution < 1.29 is 9.18 Å². The average molecular weight is 327 g/mol. The van der Waals surface area contributed by atoms with Crippen LogP contribution in [0.15, 0.2) is 47.4 Å². The fraction of sp³-hybridized carbons (Fsp3) is 0.263. The first-order valence-electron chi connectivity index (χ1n) is 7.59. The van der Waals surface area contributed by atoms with Gasteiger partial charge in [0.1, 0.15) is 18.2 Å². The number of halogens is 1. The standard InChI is InChI=1S/C19H18FNOS/c20-18-8-5-15(6-9-18)4-2-1-3-11-23-19-10-7-16(14-22)12-17(19)13-21/h5-10,12,14H,1-4,11H2. The Balaban J connectivity index is 1.70.